The summed E-state index contributed by atoms with van der Waals surface area (Å²) in [5.74, 6) is 2.85. The Bertz CT molecular complexity index is 466. The van der Waals surface area contributed by atoms with Crippen LogP contribution < -0.4 is 5.32 Å². The Morgan fingerprint density at radius 2 is 1.95 bits per heavy atom. The molecule has 0 aromatic heterocycles. The zero-order valence-corrected chi connectivity index (χ0v) is 12.9. The monoisotopic (exact) mass is 319 g/mol. The van der Waals surface area contributed by atoms with E-state index in [1.54, 1.807) is 0 Å². The van der Waals surface area contributed by atoms with Gasteiger partial charge in [0.25, 0.3) is 0 Å². The normalized spacial score (nSPS) is 40.4. The summed E-state index contributed by atoms with van der Waals surface area (Å²) in [5.41, 5.74) is 1.51. The van der Waals surface area contributed by atoms with Crippen LogP contribution in [-0.4, -0.2) is 12.1 Å². The number of hydrogen-bond donors (Lipinski definition) is 1. The van der Waals surface area contributed by atoms with Crippen LogP contribution in [0.3, 0.4) is 0 Å². The maximum Gasteiger partial charge on any atom is 0.0178 e. The first kappa shape index (κ1) is 12.4. The maximum atomic E-state index is 3.95. The van der Waals surface area contributed by atoms with Gasteiger partial charge in [0.05, 0.1) is 0 Å². The minimum atomic E-state index is 0.785. The molecule has 3 aliphatic rings. The van der Waals surface area contributed by atoms with Gasteiger partial charge in [-0.2, -0.15) is 0 Å². The lowest BCUT2D eigenvalue weighted by Gasteiger charge is -2.40. The summed E-state index contributed by atoms with van der Waals surface area (Å²) in [6.45, 7) is 0. The Balaban J connectivity index is 1.31. The van der Waals surface area contributed by atoms with E-state index in [4.69, 9.17) is 0 Å². The predicted octanol–water partition coefficient (Wildman–Crippen LogP) is 4.47. The van der Waals surface area contributed by atoms with Crippen LogP contribution in [0.25, 0.3) is 0 Å². The topological polar surface area (TPSA) is 12.0 Å². The summed E-state index contributed by atoms with van der Waals surface area (Å²) in [4.78, 5) is 0. The van der Waals surface area contributed by atoms with Crippen LogP contribution >= 0.6 is 15.9 Å². The molecule has 0 spiro atoms. The van der Waals surface area contributed by atoms with E-state index in [0.29, 0.717) is 0 Å². The van der Waals surface area contributed by atoms with Gasteiger partial charge in [0.15, 0.2) is 0 Å². The van der Waals surface area contributed by atoms with Gasteiger partial charge >= 0.3 is 0 Å². The average molecular weight is 320 g/mol. The molecule has 19 heavy (non-hydrogen) atoms. The molecule has 0 amide bonds. The highest BCUT2D eigenvalue weighted by molar-refractivity contribution is 9.10. The molecule has 3 saturated carbocycles. The minimum Gasteiger partial charge on any atom is -0.311 e. The predicted molar refractivity (Wildman–Crippen MR) is 82.3 cm³/mol. The number of rotatable bonds is 3. The Morgan fingerprint density at radius 1 is 1.05 bits per heavy atom. The van der Waals surface area contributed by atoms with Gasteiger partial charge in [-0.3, -0.25) is 0 Å². The van der Waals surface area contributed by atoms with Crippen LogP contribution in [0.1, 0.15) is 50.0 Å². The summed E-state index contributed by atoms with van der Waals surface area (Å²) in [6, 6.07) is 10.5. The van der Waals surface area contributed by atoms with Crippen LogP contribution in [0.2, 0.25) is 0 Å². The smallest absolute Gasteiger partial charge is 0.0178 e. The zero-order chi connectivity index (χ0) is 12.8. The Kier molecular flexibility index (Phi) is 3.19. The zero-order valence-electron chi connectivity index (χ0n) is 11.3. The average Bonchev–Trinajstić information content (AvgIpc) is 2.95. The van der Waals surface area contributed by atoms with Crippen molar-refractivity contribution >= 4 is 15.9 Å². The summed E-state index contributed by atoms with van der Waals surface area (Å²) in [6.07, 6.45) is 8.65. The van der Waals surface area contributed by atoms with Crippen molar-refractivity contribution in [3.63, 3.8) is 0 Å². The van der Waals surface area contributed by atoms with E-state index in [9.17, 15) is 0 Å². The highest BCUT2D eigenvalue weighted by Gasteiger charge is 2.41. The number of benzene rings is 1. The second-order valence-electron chi connectivity index (χ2n) is 6.87. The van der Waals surface area contributed by atoms with Crippen molar-refractivity contribution in [2.24, 2.45) is 11.8 Å². The molecule has 2 bridgehead atoms. The molecule has 0 heterocycles. The first-order valence-electron chi connectivity index (χ1n) is 7.79. The molecule has 1 aromatic carbocycles. The molecular formula is C17H22BrN. The quantitative estimate of drug-likeness (QED) is 0.866. The molecule has 0 saturated heterocycles. The molecule has 3 aliphatic carbocycles. The van der Waals surface area contributed by atoms with Crippen LogP contribution in [0.5, 0.6) is 0 Å². The Labute approximate surface area is 124 Å². The molecule has 1 N–H and O–H groups in total. The first-order valence-corrected chi connectivity index (χ1v) is 8.59. The summed E-state index contributed by atoms with van der Waals surface area (Å²) in [5, 5.41) is 3.95. The van der Waals surface area contributed by atoms with Crippen molar-refractivity contribution in [3.05, 3.63) is 34.3 Å². The lowest BCUT2D eigenvalue weighted by Crippen LogP contribution is -2.47. The number of hydrogen-bond acceptors (Lipinski definition) is 1. The maximum absolute atomic E-state index is 3.95. The molecule has 1 nitrogen and oxygen atoms in total. The summed E-state index contributed by atoms with van der Waals surface area (Å²) < 4.78 is 1.22. The molecule has 3 fully saturated rings. The van der Waals surface area contributed by atoms with E-state index in [0.717, 1.165) is 29.8 Å². The molecular weight excluding hydrogens is 298 g/mol. The van der Waals surface area contributed by atoms with E-state index in [-0.39, 0.29) is 0 Å². The summed E-state index contributed by atoms with van der Waals surface area (Å²) >= 11 is 3.58. The van der Waals surface area contributed by atoms with E-state index in [1.807, 2.05) is 0 Å². The van der Waals surface area contributed by atoms with Crippen LogP contribution in [0.15, 0.2) is 28.7 Å². The van der Waals surface area contributed by atoms with Crippen LogP contribution in [-0.2, 0) is 0 Å². The lowest BCUT2D eigenvalue weighted by atomic mass is 9.75. The van der Waals surface area contributed by atoms with Gasteiger partial charge in [-0.25, -0.2) is 0 Å². The van der Waals surface area contributed by atoms with Crippen LogP contribution in [0, 0.1) is 11.8 Å². The van der Waals surface area contributed by atoms with E-state index in [1.165, 1.54) is 48.6 Å². The fourth-order valence-electron chi connectivity index (χ4n) is 4.54. The third kappa shape index (κ3) is 2.38. The summed E-state index contributed by atoms with van der Waals surface area (Å²) in [7, 11) is 0. The van der Waals surface area contributed by atoms with Crippen molar-refractivity contribution in [2.75, 3.05) is 0 Å². The lowest BCUT2D eigenvalue weighted by molar-refractivity contribution is 0.229. The second kappa shape index (κ2) is 4.89. The second-order valence-corrected chi connectivity index (χ2v) is 7.78. The van der Waals surface area contributed by atoms with Gasteiger partial charge < -0.3 is 5.32 Å². The Hall–Kier alpha value is -0.340. The number of nitrogens with one attached hydrogen (secondary N) is 1. The van der Waals surface area contributed by atoms with Gasteiger partial charge in [0.1, 0.15) is 0 Å². The fraction of sp³-hybridized carbons (Fsp3) is 0.647. The van der Waals surface area contributed by atoms with E-state index < -0.39 is 0 Å². The van der Waals surface area contributed by atoms with E-state index in [2.05, 4.69) is 45.5 Å². The van der Waals surface area contributed by atoms with Crippen molar-refractivity contribution < 1.29 is 0 Å². The van der Waals surface area contributed by atoms with Gasteiger partial charge in [0.2, 0.25) is 0 Å². The highest BCUT2D eigenvalue weighted by Crippen LogP contribution is 2.46. The van der Waals surface area contributed by atoms with Crippen molar-refractivity contribution in [1.82, 2.24) is 5.32 Å². The molecule has 4 rings (SSSR count). The number of fused-ring (bicyclic) bond motifs is 2. The Morgan fingerprint density at radius 3 is 2.63 bits per heavy atom. The number of halogens is 1. The standard InChI is InChI=1S/C17H22BrN/c18-15-3-1-2-12(8-15)14-9-16(10-14)19-17-7-11-4-5-13(17)6-11/h1-3,8,11,13-14,16-17,19H,4-7,9-10H2. The third-order valence-electron chi connectivity index (χ3n) is 5.65. The van der Waals surface area contributed by atoms with Gasteiger partial charge in [0, 0.05) is 16.6 Å². The fourth-order valence-corrected chi connectivity index (χ4v) is 4.96. The molecule has 3 unspecified atom stereocenters. The van der Waals surface area contributed by atoms with Crippen molar-refractivity contribution in [2.45, 2.75) is 56.5 Å². The van der Waals surface area contributed by atoms with Crippen molar-refractivity contribution in [1.29, 1.82) is 0 Å². The van der Waals surface area contributed by atoms with Gasteiger partial charge in [-0.15, -0.1) is 0 Å². The largest absolute Gasteiger partial charge is 0.311 e. The van der Waals surface area contributed by atoms with Gasteiger partial charge in [-0.1, -0.05) is 34.5 Å². The van der Waals surface area contributed by atoms with Crippen molar-refractivity contribution in [3.8, 4) is 0 Å². The van der Waals surface area contributed by atoms with Crippen LogP contribution in [0.4, 0.5) is 0 Å². The highest BCUT2D eigenvalue weighted by atomic mass is 79.9. The minimum absolute atomic E-state index is 0.785. The molecule has 0 aliphatic heterocycles. The van der Waals surface area contributed by atoms with E-state index >= 15 is 0 Å². The first-order chi connectivity index (χ1) is 9.28. The molecule has 0 radical (unpaired) electrons. The SMILES string of the molecule is Brc1cccc(C2CC(NC3CC4CCC3C4)C2)c1. The third-order valence-corrected chi connectivity index (χ3v) is 6.14. The molecule has 1 aromatic rings. The molecule has 3 atom stereocenters. The molecule has 102 valence electrons. The van der Waals surface area contributed by atoms with Gasteiger partial charge in [-0.05, 0) is 67.6 Å². The molecule has 2 heteroatoms.